The number of rotatable bonds is 3. The van der Waals surface area contributed by atoms with Gasteiger partial charge in [0.05, 0.1) is 11.2 Å². The Bertz CT molecular complexity index is 553. The minimum absolute atomic E-state index is 0.0321. The molecule has 1 saturated carbocycles. The van der Waals surface area contributed by atoms with Crippen LogP contribution in [0, 0.1) is 5.92 Å². The maximum atomic E-state index is 12.6. The van der Waals surface area contributed by atoms with Gasteiger partial charge in [-0.05, 0) is 53.4 Å². The number of carbonyl (C=O) groups excluding carboxylic acids is 2. The molecule has 0 bridgehead atoms. The summed E-state index contributed by atoms with van der Waals surface area (Å²) in [6.07, 6.45) is 4.18. The molecular formula is C18H32BN3O4. The van der Waals surface area contributed by atoms with Gasteiger partial charge >= 0.3 is 13.1 Å². The summed E-state index contributed by atoms with van der Waals surface area (Å²) in [5.74, 6) is -0.192. The molecule has 0 aromatic heterocycles. The molecule has 0 spiro atoms. The van der Waals surface area contributed by atoms with Crippen molar-refractivity contribution in [3.05, 3.63) is 0 Å². The van der Waals surface area contributed by atoms with E-state index in [1.54, 1.807) is 0 Å². The molecule has 2 aliphatic heterocycles. The second kappa shape index (κ2) is 7.04. The highest BCUT2D eigenvalue weighted by Crippen LogP contribution is 2.42. The first-order valence-electron chi connectivity index (χ1n) is 9.79. The smallest absolute Gasteiger partial charge is 0.403 e. The van der Waals surface area contributed by atoms with Crippen molar-refractivity contribution in [2.75, 3.05) is 13.1 Å². The summed E-state index contributed by atoms with van der Waals surface area (Å²) in [5, 5.41) is 3.09. The number of likely N-dealkylation sites (tertiary alicyclic amines) is 1. The Labute approximate surface area is 156 Å². The monoisotopic (exact) mass is 365 g/mol. The molecule has 26 heavy (non-hydrogen) atoms. The van der Waals surface area contributed by atoms with E-state index >= 15 is 0 Å². The maximum Gasteiger partial charge on any atom is 0.463 e. The van der Waals surface area contributed by atoms with Crippen LogP contribution < -0.4 is 11.1 Å². The first-order chi connectivity index (χ1) is 12.1. The SMILES string of the molecule is CC1(C)OB(C2CCN(C(=O)NC3CCCC(C(N)=O)C3)C2)OC1(C)C. The molecule has 0 radical (unpaired) electrons. The largest absolute Gasteiger partial charge is 0.463 e. The Kier molecular flexibility index (Phi) is 5.27. The lowest BCUT2D eigenvalue weighted by molar-refractivity contribution is -0.122. The summed E-state index contributed by atoms with van der Waals surface area (Å²) in [4.78, 5) is 25.9. The topological polar surface area (TPSA) is 93.9 Å². The van der Waals surface area contributed by atoms with Crippen LogP contribution in [-0.4, -0.2) is 54.3 Å². The van der Waals surface area contributed by atoms with Crippen LogP contribution in [0.3, 0.4) is 0 Å². The average molecular weight is 365 g/mol. The summed E-state index contributed by atoms with van der Waals surface area (Å²) in [5.41, 5.74) is 4.73. The van der Waals surface area contributed by atoms with E-state index in [4.69, 9.17) is 15.0 Å². The molecule has 8 heteroatoms. The minimum Gasteiger partial charge on any atom is -0.403 e. The highest BCUT2D eigenvalue weighted by molar-refractivity contribution is 6.47. The quantitative estimate of drug-likeness (QED) is 0.747. The highest BCUT2D eigenvalue weighted by atomic mass is 16.7. The molecule has 2 heterocycles. The molecule has 7 nitrogen and oxygen atoms in total. The molecule has 146 valence electrons. The predicted molar refractivity (Wildman–Crippen MR) is 99.5 cm³/mol. The van der Waals surface area contributed by atoms with Gasteiger partial charge in [-0.25, -0.2) is 4.79 Å². The molecule has 3 fully saturated rings. The number of carbonyl (C=O) groups is 2. The van der Waals surface area contributed by atoms with E-state index in [1.807, 2.05) is 32.6 Å². The van der Waals surface area contributed by atoms with Gasteiger partial charge in [-0.2, -0.15) is 0 Å². The molecular weight excluding hydrogens is 333 g/mol. The van der Waals surface area contributed by atoms with Crippen molar-refractivity contribution in [1.29, 1.82) is 0 Å². The summed E-state index contributed by atoms with van der Waals surface area (Å²) < 4.78 is 12.3. The summed E-state index contributed by atoms with van der Waals surface area (Å²) in [7, 11) is -0.272. The van der Waals surface area contributed by atoms with E-state index in [0.717, 1.165) is 25.7 Å². The number of urea groups is 1. The standard InChI is InChI=1S/C18H32BN3O4/c1-17(2)18(3,4)26-19(25-17)13-8-9-22(11-13)16(24)21-14-7-5-6-12(10-14)15(20)23/h12-14H,5-11H2,1-4H3,(H2,20,23)(H,21,24). The first kappa shape index (κ1) is 19.5. The van der Waals surface area contributed by atoms with Crippen LogP contribution in [0.2, 0.25) is 5.82 Å². The van der Waals surface area contributed by atoms with Gasteiger partial charge in [0.2, 0.25) is 5.91 Å². The zero-order valence-corrected chi connectivity index (χ0v) is 16.4. The number of amides is 3. The van der Waals surface area contributed by atoms with Crippen LogP contribution in [-0.2, 0) is 14.1 Å². The van der Waals surface area contributed by atoms with Crippen LogP contribution in [0.1, 0.15) is 59.8 Å². The van der Waals surface area contributed by atoms with Gasteiger partial charge in [0.25, 0.3) is 0 Å². The molecule has 3 N–H and O–H groups in total. The Balaban J connectivity index is 1.51. The van der Waals surface area contributed by atoms with Crippen LogP contribution in [0.15, 0.2) is 0 Å². The van der Waals surface area contributed by atoms with Gasteiger partial charge in [0.15, 0.2) is 0 Å². The Morgan fingerprint density at radius 1 is 1.12 bits per heavy atom. The number of hydrogen-bond donors (Lipinski definition) is 2. The number of nitrogens with one attached hydrogen (secondary N) is 1. The van der Waals surface area contributed by atoms with Crippen molar-refractivity contribution in [1.82, 2.24) is 10.2 Å². The van der Waals surface area contributed by atoms with Crippen molar-refractivity contribution < 1.29 is 18.9 Å². The van der Waals surface area contributed by atoms with E-state index < -0.39 is 0 Å². The van der Waals surface area contributed by atoms with Gasteiger partial charge in [0, 0.05) is 30.9 Å². The number of nitrogens with zero attached hydrogens (tertiary/aromatic N) is 1. The molecule has 3 rings (SSSR count). The lowest BCUT2D eigenvalue weighted by Gasteiger charge is -2.32. The molecule has 1 aliphatic carbocycles. The fourth-order valence-corrected chi connectivity index (χ4v) is 4.12. The first-order valence-corrected chi connectivity index (χ1v) is 9.79. The van der Waals surface area contributed by atoms with Crippen LogP contribution >= 0.6 is 0 Å². The Hall–Kier alpha value is -1.28. The summed E-state index contributed by atoms with van der Waals surface area (Å²) >= 11 is 0. The molecule has 3 aliphatic rings. The normalized spacial score (nSPS) is 33.3. The van der Waals surface area contributed by atoms with Gasteiger partial charge in [0.1, 0.15) is 0 Å². The van der Waals surface area contributed by atoms with Gasteiger partial charge < -0.3 is 25.3 Å². The maximum absolute atomic E-state index is 12.6. The van der Waals surface area contributed by atoms with Crippen molar-refractivity contribution >= 4 is 19.1 Å². The van der Waals surface area contributed by atoms with Gasteiger partial charge in [-0.3, -0.25) is 4.79 Å². The molecule has 3 unspecified atom stereocenters. The molecule has 3 amide bonds. The second-order valence-electron chi connectivity index (χ2n) is 9.03. The van der Waals surface area contributed by atoms with E-state index in [0.29, 0.717) is 19.5 Å². The average Bonchev–Trinajstić information content (AvgIpc) is 3.11. The number of hydrogen-bond acceptors (Lipinski definition) is 4. The third-order valence-electron chi connectivity index (χ3n) is 6.57. The van der Waals surface area contributed by atoms with E-state index in [2.05, 4.69) is 5.32 Å². The fourth-order valence-electron chi connectivity index (χ4n) is 4.12. The molecule has 2 saturated heterocycles. The van der Waals surface area contributed by atoms with Crippen LogP contribution in [0.25, 0.3) is 0 Å². The molecule has 0 aromatic carbocycles. The second-order valence-corrected chi connectivity index (χ2v) is 9.03. The van der Waals surface area contributed by atoms with Gasteiger partial charge in [-0.15, -0.1) is 0 Å². The van der Waals surface area contributed by atoms with E-state index in [-0.39, 0.29) is 48.0 Å². The van der Waals surface area contributed by atoms with Gasteiger partial charge in [-0.1, -0.05) is 6.42 Å². The lowest BCUT2D eigenvalue weighted by Crippen LogP contribution is -2.47. The van der Waals surface area contributed by atoms with E-state index in [1.165, 1.54) is 0 Å². The summed E-state index contributed by atoms with van der Waals surface area (Å²) in [6.45, 7) is 9.52. The number of nitrogens with two attached hydrogens (primary N) is 1. The third-order valence-corrected chi connectivity index (χ3v) is 6.57. The summed E-state index contributed by atoms with van der Waals surface area (Å²) in [6, 6.07) is -0.0243. The number of primary amides is 1. The predicted octanol–water partition coefficient (Wildman–Crippen LogP) is 1.91. The van der Waals surface area contributed by atoms with Crippen molar-refractivity contribution in [2.45, 2.75) is 82.9 Å². The highest BCUT2D eigenvalue weighted by Gasteiger charge is 2.54. The van der Waals surface area contributed by atoms with Crippen molar-refractivity contribution in [2.24, 2.45) is 11.7 Å². The lowest BCUT2D eigenvalue weighted by atomic mass is 9.71. The Morgan fingerprint density at radius 2 is 1.77 bits per heavy atom. The molecule has 3 atom stereocenters. The van der Waals surface area contributed by atoms with E-state index in [9.17, 15) is 9.59 Å². The Morgan fingerprint density at radius 3 is 2.38 bits per heavy atom. The van der Waals surface area contributed by atoms with Crippen molar-refractivity contribution in [3.63, 3.8) is 0 Å². The zero-order valence-electron chi connectivity index (χ0n) is 16.4. The van der Waals surface area contributed by atoms with Crippen molar-refractivity contribution in [3.8, 4) is 0 Å². The fraction of sp³-hybridized carbons (Fsp3) is 0.889. The zero-order chi connectivity index (χ0) is 19.1. The van der Waals surface area contributed by atoms with Crippen LogP contribution in [0.4, 0.5) is 4.79 Å². The minimum atomic E-state index is -0.348. The van der Waals surface area contributed by atoms with Crippen LogP contribution in [0.5, 0.6) is 0 Å². The third kappa shape index (κ3) is 3.86. The molecule has 0 aromatic rings.